The van der Waals surface area contributed by atoms with E-state index >= 15 is 0 Å². The molecule has 0 aliphatic rings. The van der Waals surface area contributed by atoms with Gasteiger partial charge < -0.3 is 0 Å². The van der Waals surface area contributed by atoms with Crippen LogP contribution in [0.25, 0.3) is 0 Å². The SMILES string of the molecule is O=S(=O)(CCCl)Nc1ccc(F)cc1I. The van der Waals surface area contributed by atoms with Crippen LogP contribution in [0.4, 0.5) is 10.1 Å². The quantitative estimate of drug-likeness (QED) is 0.660. The lowest BCUT2D eigenvalue weighted by Crippen LogP contribution is -2.18. The van der Waals surface area contributed by atoms with Gasteiger partial charge in [0.1, 0.15) is 5.82 Å². The van der Waals surface area contributed by atoms with Gasteiger partial charge in [0, 0.05) is 9.45 Å². The van der Waals surface area contributed by atoms with E-state index in [0.717, 1.165) is 0 Å². The monoisotopic (exact) mass is 363 g/mol. The van der Waals surface area contributed by atoms with Crippen LogP contribution in [0.15, 0.2) is 18.2 Å². The molecule has 1 aromatic rings. The highest BCUT2D eigenvalue weighted by molar-refractivity contribution is 14.1. The number of benzene rings is 1. The second kappa shape index (κ2) is 5.31. The Balaban J connectivity index is 2.90. The van der Waals surface area contributed by atoms with Crippen molar-refractivity contribution >= 4 is 49.9 Å². The van der Waals surface area contributed by atoms with Gasteiger partial charge in [-0.2, -0.15) is 0 Å². The molecule has 0 unspecified atom stereocenters. The minimum atomic E-state index is -3.43. The molecular weight excluding hydrogens is 356 g/mol. The van der Waals surface area contributed by atoms with Crippen molar-refractivity contribution in [1.82, 2.24) is 0 Å². The van der Waals surface area contributed by atoms with E-state index in [4.69, 9.17) is 11.6 Å². The molecule has 0 aromatic heterocycles. The van der Waals surface area contributed by atoms with E-state index in [1.54, 1.807) is 0 Å². The van der Waals surface area contributed by atoms with E-state index in [1.807, 2.05) is 22.6 Å². The van der Waals surface area contributed by atoms with Gasteiger partial charge in [0.05, 0.1) is 11.4 Å². The van der Waals surface area contributed by atoms with Crippen LogP contribution in [0, 0.1) is 9.39 Å². The number of hydrogen-bond acceptors (Lipinski definition) is 2. The Bertz CT molecular complexity index is 452. The molecule has 7 heteroatoms. The zero-order chi connectivity index (χ0) is 11.5. The summed E-state index contributed by atoms with van der Waals surface area (Å²) < 4.78 is 38.2. The van der Waals surface area contributed by atoms with Crippen LogP contribution in [0.5, 0.6) is 0 Å². The number of alkyl halides is 1. The molecule has 1 aromatic carbocycles. The van der Waals surface area contributed by atoms with Crippen LogP contribution in [-0.2, 0) is 10.0 Å². The van der Waals surface area contributed by atoms with Gasteiger partial charge in [-0.3, -0.25) is 4.72 Å². The summed E-state index contributed by atoms with van der Waals surface area (Å²) in [4.78, 5) is 0. The first-order valence-corrected chi connectivity index (χ1v) is 7.22. The Kier molecular flexibility index (Phi) is 4.60. The highest BCUT2D eigenvalue weighted by Crippen LogP contribution is 2.20. The van der Waals surface area contributed by atoms with E-state index < -0.39 is 15.8 Å². The maximum atomic E-state index is 12.7. The largest absolute Gasteiger partial charge is 0.282 e. The third-order valence-electron chi connectivity index (χ3n) is 1.54. The number of nitrogens with one attached hydrogen (secondary N) is 1. The van der Waals surface area contributed by atoms with Crippen LogP contribution in [0.2, 0.25) is 0 Å². The van der Waals surface area contributed by atoms with E-state index in [-0.39, 0.29) is 11.6 Å². The van der Waals surface area contributed by atoms with Gasteiger partial charge in [0.15, 0.2) is 0 Å². The van der Waals surface area contributed by atoms with Crippen LogP contribution in [0.3, 0.4) is 0 Å². The summed E-state index contributed by atoms with van der Waals surface area (Å²) in [5, 5.41) is 0. The molecule has 15 heavy (non-hydrogen) atoms. The predicted molar refractivity (Wildman–Crippen MR) is 67.2 cm³/mol. The number of sulfonamides is 1. The van der Waals surface area contributed by atoms with Gasteiger partial charge in [-0.05, 0) is 40.8 Å². The predicted octanol–water partition coefficient (Wildman–Crippen LogP) is 2.41. The maximum Gasteiger partial charge on any atom is 0.233 e. The zero-order valence-electron chi connectivity index (χ0n) is 7.50. The lowest BCUT2D eigenvalue weighted by molar-refractivity contribution is 0.602. The topological polar surface area (TPSA) is 46.2 Å². The average molecular weight is 364 g/mol. The fourth-order valence-electron chi connectivity index (χ4n) is 0.892. The van der Waals surface area contributed by atoms with Gasteiger partial charge in [-0.25, -0.2) is 12.8 Å². The second-order valence-corrected chi connectivity index (χ2v) is 6.12. The highest BCUT2D eigenvalue weighted by atomic mass is 127. The molecule has 0 saturated heterocycles. The lowest BCUT2D eigenvalue weighted by Gasteiger charge is -2.08. The number of rotatable bonds is 4. The Morgan fingerprint density at radius 1 is 1.47 bits per heavy atom. The summed E-state index contributed by atoms with van der Waals surface area (Å²) >= 11 is 7.19. The minimum Gasteiger partial charge on any atom is -0.282 e. The van der Waals surface area contributed by atoms with Crippen LogP contribution < -0.4 is 4.72 Å². The van der Waals surface area contributed by atoms with Gasteiger partial charge in [-0.15, -0.1) is 11.6 Å². The molecule has 84 valence electrons. The molecule has 0 radical (unpaired) electrons. The van der Waals surface area contributed by atoms with Crippen LogP contribution >= 0.6 is 34.2 Å². The molecular formula is C8H8ClFINO2S. The van der Waals surface area contributed by atoms with Crippen molar-refractivity contribution in [2.75, 3.05) is 16.4 Å². The Morgan fingerprint density at radius 3 is 2.67 bits per heavy atom. The normalized spacial score (nSPS) is 11.4. The first-order valence-electron chi connectivity index (χ1n) is 3.96. The van der Waals surface area contributed by atoms with Crippen molar-refractivity contribution in [3.8, 4) is 0 Å². The van der Waals surface area contributed by atoms with Crippen molar-refractivity contribution in [2.45, 2.75) is 0 Å². The molecule has 0 spiro atoms. The molecule has 0 saturated carbocycles. The van der Waals surface area contributed by atoms with Crippen molar-refractivity contribution in [3.05, 3.63) is 27.6 Å². The Hall–Kier alpha value is -0.0800. The third-order valence-corrected chi connectivity index (χ3v) is 4.12. The van der Waals surface area contributed by atoms with Gasteiger partial charge >= 0.3 is 0 Å². The third kappa shape index (κ3) is 4.12. The van der Waals surface area contributed by atoms with E-state index in [9.17, 15) is 12.8 Å². The summed E-state index contributed by atoms with van der Waals surface area (Å²) in [6.45, 7) is 0. The molecule has 0 fully saturated rings. The average Bonchev–Trinajstić information content (AvgIpc) is 2.09. The van der Waals surface area contributed by atoms with Gasteiger partial charge in [0.2, 0.25) is 10.0 Å². The molecule has 0 amide bonds. The molecule has 0 atom stereocenters. The zero-order valence-corrected chi connectivity index (χ0v) is 11.2. The summed E-state index contributed by atoms with van der Waals surface area (Å²) in [7, 11) is -3.43. The molecule has 0 aliphatic carbocycles. The maximum absolute atomic E-state index is 12.7. The van der Waals surface area contributed by atoms with Gasteiger partial charge in [0.25, 0.3) is 0 Å². The van der Waals surface area contributed by atoms with Crippen LogP contribution in [0.1, 0.15) is 0 Å². The summed E-state index contributed by atoms with van der Waals surface area (Å²) in [6, 6.07) is 3.82. The lowest BCUT2D eigenvalue weighted by atomic mass is 10.3. The smallest absolute Gasteiger partial charge is 0.233 e. The fraction of sp³-hybridized carbons (Fsp3) is 0.250. The van der Waals surface area contributed by atoms with Gasteiger partial charge in [-0.1, -0.05) is 0 Å². The first kappa shape index (κ1) is 13.0. The van der Waals surface area contributed by atoms with Crippen molar-refractivity contribution in [1.29, 1.82) is 0 Å². The summed E-state index contributed by atoms with van der Waals surface area (Å²) in [5.74, 6) is -0.547. The molecule has 3 nitrogen and oxygen atoms in total. The standard InChI is InChI=1S/C8H8ClFINO2S/c9-3-4-15(13,14)12-8-2-1-6(10)5-7(8)11/h1-2,5,12H,3-4H2. The Morgan fingerprint density at radius 2 is 2.13 bits per heavy atom. The minimum absolute atomic E-state index is 0.0209. The van der Waals surface area contributed by atoms with E-state index in [2.05, 4.69) is 4.72 Å². The second-order valence-electron chi connectivity index (χ2n) is 2.73. The van der Waals surface area contributed by atoms with E-state index in [1.165, 1.54) is 18.2 Å². The Labute approximate surface area is 106 Å². The van der Waals surface area contributed by atoms with Crippen LogP contribution in [-0.4, -0.2) is 20.1 Å². The number of anilines is 1. The fourth-order valence-corrected chi connectivity index (χ4v) is 3.12. The summed E-state index contributed by atoms with van der Waals surface area (Å²) in [5.41, 5.74) is 0.363. The molecule has 0 aliphatic heterocycles. The number of hydrogen-bond donors (Lipinski definition) is 1. The first-order chi connectivity index (χ1) is 6.94. The van der Waals surface area contributed by atoms with E-state index in [0.29, 0.717) is 9.26 Å². The number of halogens is 3. The molecule has 1 N–H and O–H groups in total. The molecule has 1 rings (SSSR count). The highest BCUT2D eigenvalue weighted by Gasteiger charge is 2.11. The summed E-state index contributed by atoms with van der Waals surface area (Å²) in [6.07, 6.45) is 0. The molecule has 0 bridgehead atoms. The van der Waals surface area contributed by atoms with Crippen molar-refractivity contribution < 1.29 is 12.8 Å². The van der Waals surface area contributed by atoms with Crippen molar-refractivity contribution in [3.63, 3.8) is 0 Å². The molecule has 0 heterocycles. The van der Waals surface area contributed by atoms with Crippen molar-refractivity contribution in [2.24, 2.45) is 0 Å².